The fraction of sp³-hybridized carbons (Fsp3) is 0. The minimum Gasteiger partial charge on any atom is -0.332 e. The lowest BCUT2D eigenvalue weighted by molar-refractivity contribution is 0.630. The fourth-order valence-corrected chi connectivity index (χ4v) is 3.58. The second-order valence-corrected chi connectivity index (χ2v) is 7.03. The lowest BCUT2D eigenvalue weighted by atomic mass is 10.3. The number of thiocarbonyl (C=S) groups is 1. The van der Waals surface area contributed by atoms with Gasteiger partial charge in [-0.2, -0.15) is 0 Å². The van der Waals surface area contributed by atoms with Crippen LogP contribution in [-0.4, -0.2) is 5.11 Å². The predicted octanol–water partition coefficient (Wildman–Crippen LogP) is 6.47. The smallest absolute Gasteiger partial charge is 0.175 e. The summed E-state index contributed by atoms with van der Waals surface area (Å²) in [5, 5.41) is 6.85. The second kappa shape index (κ2) is 7.24. The topological polar surface area (TPSA) is 24.1 Å². The Morgan fingerprint density at radius 2 is 1.62 bits per heavy atom. The number of hydrogen-bond donors (Lipinski definition) is 2. The third kappa shape index (κ3) is 4.79. The first-order valence-corrected chi connectivity index (χ1v) is 8.29. The molecule has 0 aliphatic heterocycles. The predicted molar refractivity (Wildman–Crippen MR) is 98.1 cm³/mol. The molecule has 0 heterocycles. The number of rotatable bonds is 2. The van der Waals surface area contributed by atoms with Crippen LogP contribution in [0.15, 0.2) is 39.3 Å². The summed E-state index contributed by atoms with van der Waals surface area (Å²) in [6.45, 7) is 0. The Morgan fingerprint density at radius 1 is 1.00 bits per heavy atom. The number of nitrogens with one attached hydrogen (secondary N) is 2. The van der Waals surface area contributed by atoms with Gasteiger partial charge in [0.25, 0.3) is 0 Å². The Hall–Kier alpha value is -0.400. The highest BCUT2D eigenvalue weighted by atomic mass is 79.9. The minimum atomic E-state index is -0.440. The molecule has 8 heteroatoms. The summed E-state index contributed by atoms with van der Waals surface area (Å²) in [7, 11) is 0. The molecule has 2 aromatic carbocycles. The third-order valence-corrected chi connectivity index (χ3v) is 4.09. The molecule has 0 aliphatic rings. The van der Waals surface area contributed by atoms with E-state index in [-0.39, 0.29) is 10.8 Å². The van der Waals surface area contributed by atoms with Gasteiger partial charge in [-0.3, -0.25) is 0 Å². The summed E-state index contributed by atoms with van der Waals surface area (Å²) >= 11 is 23.4. The molecule has 0 aromatic heterocycles. The lowest BCUT2D eigenvalue weighted by Gasteiger charge is -2.13. The van der Waals surface area contributed by atoms with Crippen molar-refractivity contribution in [2.75, 3.05) is 10.6 Å². The van der Waals surface area contributed by atoms with Gasteiger partial charge in [-0.25, -0.2) is 4.39 Å². The van der Waals surface area contributed by atoms with Crippen LogP contribution in [0.25, 0.3) is 0 Å². The van der Waals surface area contributed by atoms with E-state index >= 15 is 0 Å². The number of benzene rings is 2. The van der Waals surface area contributed by atoms with Crippen LogP contribution in [0.2, 0.25) is 10.0 Å². The summed E-state index contributed by atoms with van der Waals surface area (Å²) < 4.78 is 15.1. The molecule has 0 aliphatic carbocycles. The van der Waals surface area contributed by atoms with Gasteiger partial charge in [0.1, 0.15) is 5.82 Å². The van der Waals surface area contributed by atoms with Gasteiger partial charge in [-0.1, -0.05) is 39.1 Å². The molecule has 0 atom stereocenters. The van der Waals surface area contributed by atoms with Crippen LogP contribution in [-0.2, 0) is 0 Å². The zero-order valence-electron chi connectivity index (χ0n) is 10.2. The zero-order valence-corrected chi connectivity index (χ0v) is 15.7. The molecule has 2 rings (SSSR count). The summed E-state index contributed by atoms with van der Waals surface area (Å²) in [5.41, 5.74) is 0.850. The van der Waals surface area contributed by atoms with Gasteiger partial charge >= 0.3 is 0 Å². The first kappa shape index (κ1) is 17.0. The Bertz CT molecular complexity index is 669. The average Bonchev–Trinajstić information content (AvgIpc) is 2.32. The highest BCUT2D eigenvalue weighted by molar-refractivity contribution is 9.11. The van der Waals surface area contributed by atoms with Gasteiger partial charge in [0.05, 0.1) is 5.69 Å². The SMILES string of the molecule is Fc1cc(Br)cc(Br)c1NC(=S)Nc1cc(Cl)cc(Cl)c1. The van der Waals surface area contributed by atoms with Crippen molar-refractivity contribution in [3.8, 4) is 0 Å². The van der Waals surface area contributed by atoms with Gasteiger partial charge in [-0.15, -0.1) is 0 Å². The first-order chi connectivity index (χ1) is 9.85. The van der Waals surface area contributed by atoms with E-state index in [0.717, 1.165) is 0 Å². The highest BCUT2D eigenvalue weighted by Gasteiger charge is 2.10. The molecule has 2 aromatic rings. The van der Waals surface area contributed by atoms with Crippen LogP contribution in [0.1, 0.15) is 0 Å². The Kier molecular flexibility index (Phi) is 5.85. The van der Waals surface area contributed by atoms with E-state index in [2.05, 4.69) is 42.5 Å². The average molecular weight is 473 g/mol. The normalized spacial score (nSPS) is 10.3. The molecule has 110 valence electrons. The standard InChI is InChI=1S/C13H7Br2Cl2FN2S/c14-6-1-10(15)12(11(18)2-6)20-13(21)19-9-4-7(16)3-8(17)5-9/h1-5H,(H2,19,20,21). The summed E-state index contributed by atoms with van der Waals surface area (Å²) in [6.07, 6.45) is 0. The molecule has 0 saturated carbocycles. The van der Waals surface area contributed by atoms with E-state index in [4.69, 9.17) is 35.4 Å². The van der Waals surface area contributed by atoms with Crippen LogP contribution in [0, 0.1) is 5.82 Å². The monoisotopic (exact) mass is 470 g/mol. The summed E-state index contributed by atoms with van der Waals surface area (Å²) in [5.74, 6) is -0.440. The van der Waals surface area contributed by atoms with Crippen molar-refractivity contribution in [2.24, 2.45) is 0 Å². The van der Waals surface area contributed by atoms with Crippen molar-refractivity contribution in [3.63, 3.8) is 0 Å². The van der Waals surface area contributed by atoms with E-state index in [1.807, 2.05) is 0 Å². The maximum absolute atomic E-state index is 13.9. The maximum Gasteiger partial charge on any atom is 0.175 e. The molecule has 0 bridgehead atoms. The second-order valence-electron chi connectivity index (χ2n) is 3.98. The Balaban J connectivity index is 2.15. The van der Waals surface area contributed by atoms with E-state index in [1.54, 1.807) is 24.3 Å². The highest BCUT2D eigenvalue weighted by Crippen LogP contribution is 2.30. The minimum absolute atomic E-state index is 0.218. The van der Waals surface area contributed by atoms with Crippen LogP contribution in [0.3, 0.4) is 0 Å². The molecule has 0 radical (unpaired) electrons. The molecular weight excluding hydrogens is 466 g/mol. The quantitative estimate of drug-likeness (QED) is 0.490. The van der Waals surface area contributed by atoms with E-state index < -0.39 is 5.82 Å². The molecule has 2 N–H and O–H groups in total. The molecule has 0 saturated heterocycles. The molecule has 0 spiro atoms. The summed E-state index contributed by atoms with van der Waals surface area (Å²) in [4.78, 5) is 0. The molecule has 21 heavy (non-hydrogen) atoms. The van der Waals surface area contributed by atoms with Gasteiger partial charge in [0.15, 0.2) is 5.11 Å². The van der Waals surface area contributed by atoms with Gasteiger partial charge in [0.2, 0.25) is 0 Å². The molecule has 0 unspecified atom stereocenters. The summed E-state index contributed by atoms with van der Waals surface area (Å²) in [6, 6.07) is 7.98. The van der Waals surface area contributed by atoms with Crippen LogP contribution in [0.4, 0.5) is 15.8 Å². The number of anilines is 2. The zero-order chi connectivity index (χ0) is 15.6. The van der Waals surface area contributed by atoms with Crippen LogP contribution < -0.4 is 10.6 Å². The van der Waals surface area contributed by atoms with Crippen LogP contribution in [0.5, 0.6) is 0 Å². The van der Waals surface area contributed by atoms with Crippen molar-refractivity contribution < 1.29 is 4.39 Å². The van der Waals surface area contributed by atoms with Crippen molar-refractivity contribution >= 4 is 83.8 Å². The largest absolute Gasteiger partial charge is 0.332 e. The maximum atomic E-state index is 13.9. The van der Waals surface area contributed by atoms with Gasteiger partial charge in [-0.05, 0) is 58.5 Å². The van der Waals surface area contributed by atoms with E-state index in [1.165, 1.54) is 6.07 Å². The van der Waals surface area contributed by atoms with E-state index in [0.29, 0.717) is 24.7 Å². The van der Waals surface area contributed by atoms with E-state index in [9.17, 15) is 4.39 Å². The number of halogens is 5. The Morgan fingerprint density at radius 3 is 2.19 bits per heavy atom. The van der Waals surface area contributed by atoms with Crippen molar-refractivity contribution in [2.45, 2.75) is 0 Å². The van der Waals surface area contributed by atoms with Gasteiger partial charge < -0.3 is 10.6 Å². The lowest BCUT2D eigenvalue weighted by Crippen LogP contribution is -2.20. The number of hydrogen-bond acceptors (Lipinski definition) is 1. The molecule has 0 fully saturated rings. The first-order valence-electron chi connectivity index (χ1n) is 5.54. The molecular formula is C13H7Br2Cl2FN2S. The van der Waals surface area contributed by atoms with Crippen molar-refractivity contribution in [1.82, 2.24) is 0 Å². The van der Waals surface area contributed by atoms with Crippen LogP contribution >= 0.6 is 67.3 Å². The fourth-order valence-electron chi connectivity index (χ4n) is 1.56. The van der Waals surface area contributed by atoms with Gasteiger partial charge in [0, 0.05) is 24.7 Å². The molecule has 0 amide bonds. The van der Waals surface area contributed by atoms with Crippen molar-refractivity contribution in [1.29, 1.82) is 0 Å². The molecule has 2 nitrogen and oxygen atoms in total. The Labute approximate surface area is 153 Å². The third-order valence-electron chi connectivity index (χ3n) is 2.37. The van der Waals surface area contributed by atoms with Crippen molar-refractivity contribution in [3.05, 3.63) is 55.1 Å².